The van der Waals surface area contributed by atoms with E-state index in [-0.39, 0.29) is 5.92 Å². The maximum Gasteiger partial charge on any atom is 0.322 e. The molecule has 1 aliphatic heterocycles. The highest BCUT2D eigenvalue weighted by molar-refractivity contribution is 5.74. The zero-order chi connectivity index (χ0) is 10.7. The Kier molecular flexibility index (Phi) is 3.86. The summed E-state index contributed by atoms with van der Waals surface area (Å²) in [7, 11) is 2.02. The number of nitrogens with two attached hydrogens (primary N) is 2. The Labute approximate surface area is 84.0 Å². The van der Waals surface area contributed by atoms with Gasteiger partial charge in [-0.25, -0.2) is 0 Å². The summed E-state index contributed by atoms with van der Waals surface area (Å²) < 4.78 is 0. The Morgan fingerprint density at radius 3 is 2.71 bits per heavy atom. The minimum atomic E-state index is -1.01. The molecule has 82 valence electrons. The van der Waals surface area contributed by atoms with Gasteiger partial charge >= 0.3 is 5.97 Å². The maximum atomic E-state index is 10.6. The molecular formula is C9H19N3O2. The summed E-state index contributed by atoms with van der Waals surface area (Å²) >= 11 is 0. The lowest BCUT2D eigenvalue weighted by atomic mass is 9.87. The highest BCUT2D eigenvalue weighted by Crippen LogP contribution is 2.18. The summed E-state index contributed by atoms with van der Waals surface area (Å²) in [6.45, 7) is 1.91. The number of hydrogen-bond donors (Lipinski definition) is 3. The molecule has 0 saturated carbocycles. The predicted molar refractivity (Wildman–Crippen MR) is 53.8 cm³/mol. The van der Waals surface area contributed by atoms with Crippen LogP contribution in [0.25, 0.3) is 0 Å². The third-order valence-electron chi connectivity index (χ3n) is 2.91. The van der Waals surface area contributed by atoms with Crippen LogP contribution in [0, 0.1) is 5.92 Å². The van der Waals surface area contributed by atoms with E-state index in [0.717, 1.165) is 25.9 Å². The van der Waals surface area contributed by atoms with Crippen LogP contribution in [0.15, 0.2) is 0 Å². The van der Waals surface area contributed by atoms with Crippen molar-refractivity contribution in [2.75, 3.05) is 20.1 Å². The molecule has 0 aliphatic carbocycles. The van der Waals surface area contributed by atoms with E-state index in [2.05, 4.69) is 4.90 Å². The van der Waals surface area contributed by atoms with E-state index in [0.29, 0.717) is 0 Å². The van der Waals surface area contributed by atoms with Crippen LogP contribution in [0.2, 0.25) is 0 Å². The van der Waals surface area contributed by atoms with Crippen molar-refractivity contribution in [3.05, 3.63) is 0 Å². The van der Waals surface area contributed by atoms with Gasteiger partial charge in [0.25, 0.3) is 0 Å². The molecule has 3 unspecified atom stereocenters. The molecule has 5 nitrogen and oxygen atoms in total. The zero-order valence-electron chi connectivity index (χ0n) is 8.52. The minimum Gasteiger partial charge on any atom is -0.480 e. The normalized spacial score (nSPS) is 28.4. The van der Waals surface area contributed by atoms with Gasteiger partial charge in [0.2, 0.25) is 0 Å². The van der Waals surface area contributed by atoms with Gasteiger partial charge in [0, 0.05) is 12.6 Å². The summed E-state index contributed by atoms with van der Waals surface area (Å²) in [6.07, 6.45) is 2.05. The van der Waals surface area contributed by atoms with E-state index in [4.69, 9.17) is 16.6 Å². The van der Waals surface area contributed by atoms with Gasteiger partial charge in [-0.15, -0.1) is 0 Å². The molecule has 0 aromatic carbocycles. The van der Waals surface area contributed by atoms with E-state index >= 15 is 0 Å². The van der Waals surface area contributed by atoms with Gasteiger partial charge in [0.15, 0.2) is 0 Å². The lowest BCUT2D eigenvalue weighted by Gasteiger charge is -2.34. The molecule has 1 saturated heterocycles. The van der Waals surface area contributed by atoms with Crippen LogP contribution in [-0.4, -0.2) is 48.2 Å². The Balaban J connectivity index is 2.50. The second-order valence-corrected chi connectivity index (χ2v) is 4.11. The quantitative estimate of drug-likeness (QED) is 0.548. The Bertz CT molecular complexity index is 210. The fourth-order valence-corrected chi connectivity index (χ4v) is 1.98. The van der Waals surface area contributed by atoms with Gasteiger partial charge in [0.1, 0.15) is 6.04 Å². The molecule has 0 amide bonds. The minimum absolute atomic E-state index is 0.208. The first-order valence-electron chi connectivity index (χ1n) is 4.95. The molecule has 5 N–H and O–H groups in total. The van der Waals surface area contributed by atoms with Gasteiger partial charge in [-0.2, -0.15) is 0 Å². The molecule has 0 spiro atoms. The predicted octanol–water partition coefficient (Wildman–Crippen LogP) is -0.933. The van der Waals surface area contributed by atoms with Crippen molar-refractivity contribution in [2.24, 2.45) is 17.4 Å². The Morgan fingerprint density at radius 2 is 2.21 bits per heavy atom. The second kappa shape index (κ2) is 4.72. The van der Waals surface area contributed by atoms with Crippen LogP contribution >= 0.6 is 0 Å². The first-order chi connectivity index (χ1) is 6.52. The van der Waals surface area contributed by atoms with E-state index in [1.54, 1.807) is 0 Å². The van der Waals surface area contributed by atoms with Crippen molar-refractivity contribution >= 4 is 5.97 Å². The van der Waals surface area contributed by atoms with E-state index in [9.17, 15) is 4.79 Å². The lowest BCUT2D eigenvalue weighted by Crippen LogP contribution is -2.54. The number of nitrogens with zero attached hydrogens (tertiary/aromatic N) is 1. The fourth-order valence-electron chi connectivity index (χ4n) is 1.98. The van der Waals surface area contributed by atoms with Crippen molar-refractivity contribution in [1.82, 2.24) is 4.90 Å². The van der Waals surface area contributed by atoms with Crippen molar-refractivity contribution in [1.29, 1.82) is 0 Å². The first kappa shape index (κ1) is 11.4. The van der Waals surface area contributed by atoms with Gasteiger partial charge in [-0.05, 0) is 32.4 Å². The van der Waals surface area contributed by atoms with Crippen LogP contribution in [0.4, 0.5) is 0 Å². The number of carbonyl (C=O) groups is 1. The molecule has 1 heterocycles. The monoisotopic (exact) mass is 201 g/mol. The maximum absolute atomic E-state index is 10.6. The number of carboxylic acid groups (broad SMARTS) is 1. The fraction of sp³-hybridized carbons (Fsp3) is 0.889. The van der Waals surface area contributed by atoms with Gasteiger partial charge in [-0.1, -0.05) is 0 Å². The number of likely N-dealkylation sites (tertiary alicyclic amines) is 1. The van der Waals surface area contributed by atoms with E-state index in [1.165, 1.54) is 0 Å². The largest absolute Gasteiger partial charge is 0.480 e. The van der Waals surface area contributed by atoms with Gasteiger partial charge < -0.3 is 21.5 Å². The lowest BCUT2D eigenvalue weighted by molar-refractivity contribution is -0.139. The molecule has 3 atom stereocenters. The van der Waals surface area contributed by atoms with Crippen LogP contribution < -0.4 is 11.5 Å². The van der Waals surface area contributed by atoms with Crippen molar-refractivity contribution < 1.29 is 9.90 Å². The number of aliphatic carboxylic acids is 1. The number of rotatable bonds is 3. The van der Waals surface area contributed by atoms with Gasteiger partial charge in [-0.3, -0.25) is 4.79 Å². The van der Waals surface area contributed by atoms with Crippen LogP contribution in [-0.2, 0) is 4.79 Å². The van der Waals surface area contributed by atoms with E-state index in [1.807, 2.05) is 7.05 Å². The number of hydrogen-bond acceptors (Lipinski definition) is 4. The standard InChI is InChI=1S/C9H19N3O2/c1-12-4-2-3-6(5-12)7(10)8(11)9(13)14/h6-8H,2-5,10-11H2,1H3,(H,13,14). The highest BCUT2D eigenvalue weighted by Gasteiger charge is 2.30. The van der Waals surface area contributed by atoms with Crippen molar-refractivity contribution in [3.8, 4) is 0 Å². The third-order valence-corrected chi connectivity index (χ3v) is 2.91. The second-order valence-electron chi connectivity index (χ2n) is 4.11. The molecule has 1 fully saturated rings. The van der Waals surface area contributed by atoms with Crippen LogP contribution in [0.1, 0.15) is 12.8 Å². The summed E-state index contributed by atoms with van der Waals surface area (Å²) in [4.78, 5) is 12.8. The number of carboxylic acids is 1. The smallest absolute Gasteiger partial charge is 0.322 e. The SMILES string of the molecule is CN1CCCC(C(N)C(N)C(=O)O)C1. The molecule has 0 aromatic rings. The molecule has 5 heteroatoms. The summed E-state index contributed by atoms with van der Waals surface area (Å²) in [6, 6.07) is -1.37. The molecule has 1 aliphatic rings. The molecule has 0 radical (unpaired) electrons. The molecule has 14 heavy (non-hydrogen) atoms. The van der Waals surface area contributed by atoms with Crippen molar-refractivity contribution in [2.45, 2.75) is 24.9 Å². The highest BCUT2D eigenvalue weighted by atomic mass is 16.4. The first-order valence-corrected chi connectivity index (χ1v) is 4.95. The molecule has 1 rings (SSSR count). The Morgan fingerprint density at radius 1 is 1.57 bits per heavy atom. The molecular weight excluding hydrogens is 182 g/mol. The average Bonchev–Trinajstić information content (AvgIpc) is 2.15. The Hall–Kier alpha value is -0.650. The van der Waals surface area contributed by atoms with Crippen molar-refractivity contribution in [3.63, 3.8) is 0 Å². The molecule has 0 aromatic heterocycles. The summed E-state index contributed by atoms with van der Waals surface area (Å²) in [5.41, 5.74) is 11.3. The summed E-state index contributed by atoms with van der Waals surface area (Å²) in [5.74, 6) is -0.800. The third kappa shape index (κ3) is 2.67. The molecule has 0 bridgehead atoms. The topological polar surface area (TPSA) is 92.6 Å². The van der Waals surface area contributed by atoms with E-state index < -0.39 is 18.1 Å². The number of piperidine rings is 1. The summed E-state index contributed by atoms with van der Waals surface area (Å²) in [5, 5.41) is 8.73. The zero-order valence-corrected chi connectivity index (χ0v) is 8.52. The average molecular weight is 201 g/mol. The van der Waals surface area contributed by atoms with Crippen LogP contribution in [0.5, 0.6) is 0 Å². The van der Waals surface area contributed by atoms with Gasteiger partial charge in [0.05, 0.1) is 0 Å². The van der Waals surface area contributed by atoms with Crippen LogP contribution in [0.3, 0.4) is 0 Å².